The third kappa shape index (κ3) is 4.42. The molecule has 0 aliphatic rings. The molecule has 0 fully saturated rings. The second-order valence-corrected chi connectivity index (χ2v) is 6.58. The minimum absolute atomic E-state index is 0.0403. The van der Waals surface area contributed by atoms with E-state index >= 15 is 0 Å². The van der Waals surface area contributed by atoms with E-state index in [9.17, 15) is 22.4 Å². The summed E-state index contributed by atoms with van der Waals surface area (Å²) in [6.07, 6.45) is -3.97. The molecule has 2 aromatic heterocycles. The number of nitrogens with zero attached hydrogens (tertiary/aromatic N) is 3. The highest BCUT2D eigenvalue weighted by molar-refractivity contribution is 6.33. The van der Waals surface area contributed by atoms with Gasteiger partial charge in [0.15, 0.2) is 11.5 Å². The summed E-state index contributed by atoms with van der Waals surface area (Å²) in [5, 5.41) is 7.28. The molecule has 0 saturated carbocycles. The first-order valence-electron chi connectivity index (χ1n) is 8.94. The summed E-state index contributed by atoms with van der Waals surface area (Å²) in [6.45, 7) is 1.17. The van der Waals surface area contributed by atoms with Crippen LogP contribution in [0.4, 0.5) is 17.6 Å². The third-order valence-corrected chi connectivity index (χ3v) is 4.55. The van der Waals surface area contributed by atoms with Crippen molar-refractivity contribution in [3.63, 3.8) is 0 Å². The number of rotatable bonds is 7. The van der Waals surface area contributed by atoms with Gasteiger partial charge in [0.1, 0.15) is 17.1 Å². The molecule has 0 aliphatic carbocycles. The Labute approximate surface area is 178 Å². The van der Waals surface area contributed by atoms with Crippen LogP contribution in [0.3, 0.4) is 0 Å². The van der Waals surface area contributed by atoms with Crippen molar-refractivity contribution >= 4 is 17.6 Å². The van der Waals surface area contributed by atoms with Crippen LogP contribution in [0, 0.1) is 5.82 Å². The average molecular weight is 462 g/mol. The van der Waals surface area contributed by atoms with Gasteiger partial charge in [0, 0.05) is 7.11 Å². The average Bonchev–Trinajstić information content (AvgIpc) is 3.30. The van der Waals surface area contributed by atoms with E-state index in [2.05, 4.69) is 10.3 Å². The fourth-order valence-corrected chi connectivity index (χ4v) is 3.21. The van der Waals surface area contributed by atoms with Gasteiger partial charge in [-0.1, -0.05) is 22.8 Å². The maximum absolute atomic E-state index is 14.5. The molecule has 0 atom stereocenters. The molecule has 0 aliphatic heterocycles. The molecule has 3 aromatic rings. The number of esters is 1. The van der Waals surface area contributed by atoms with Crippen molar-refractivity contribution in [1.29, 1.82) is 0 Å². The summed E-state index contributed by atoms with van der Waals surface area (Å²) in [5.41, 5.74) is -2.92. The van der Waals surface area contributed by atoms with E-state index in [0.29, 0.717) is 4.68 Å². The van der Waals surface area contributed by atoms with E-state index in [4.69, 9.17) is 25.6 Å². The van der Waals surface area contributed by atoms with Crippen molar-refractivity contribution in [1.82, 2.24) is 14.9 Å². The lowest BCUT2D eigenvalue weighted by Gasteiger charge is -2.12. The Morgan fingerprint density at radius 1 is 1.32 bits per heavy atom. The molecular weight excluding hydrogens is 446 g/mol. The zero-order valence-electron chi connectivity index (χ0n) is 16.3. The number of ether oxygens (including phenoxy) is 2. The lowest BCUT2D eigenvalue weighted by Crippen LogP contribution is -2.18. The van der Waals surface area contributed by atoms with E-state index in [1.54, 1.807) is 0 Å². The fraction of sp³-hybridized carbons (Fsp3) is 0.316. The Balaban J connectivity index is 2.27. The van der Waals surface area contributed by atoms with Crippen molar-refractivity contribution in [2.75, 3.05) is 20.3 Å². The molecule has 12 heteroatoms. The lowest BCUT2D eigenvalue weighted by molar-refractivity contribution is -0.144. The minimum atomic E-state index is -4.85. The van der Waals surface area contributed by atoms with Gasteiger partial charge in [-0.2, -0.15) is 18.3 Å². The molecule has 7 nitrogen and oxygen atoms in total. The van der Waals surface area contributed by atoms with Gasteiger partial charge in [0.25, 0.3) is 0 Å². The number of aromatic nitrogens is 3. The predicted octanol–water partition coefficient (Wildman–Crippen LogP) is 4.84. The third-order valence-electron chi connectivity index (χ3n) is 4.23. The smallest absolute Gasteiger partial charge is 0.433 e. The van der Waals surface area contributed by atoms with Gasteiger partial charge in [0.2, 0.25) is 0 Å². The number of carbonyl (C=O) groups excluding carboxylic acids is 1. The van der Waals surface area contributed by atoms with Crippen LogP contribution < -0.4 is 0 Å². The predicted molar refractivity (Wildman–Crippen MR) is 101 cm³/mol. The van der Waals surface area contributed by atoms with Crippen molar-refractivity contribution in [3.05, 3.63) is 46.5 Å². The molecule has 2 heterocycles. The number of hydrogen-bond acceptors (Lipinski definition) is 6. The Bertz CT molecular complexity index is 1070. The monoisotopic (exact) mass is 461 g/mol. The number of halogens is 5. The SMILES string of the molecule is CCOC(=O)c1c(-c2c(F)cccc2Cl)noc1-c1cnn(CCOC)c1C(F)(F)F. The second-order valence-electron chi connectivity index (χ2n) is 6.17. The summed E-state index contributed by atoms with van der Waals surface area (Å²) in [6, 6.07) is 3.73. The molecule has 0 radical (unpaired) electrons. The number of alkyl halides is 3. The number of benzene rings is 1. The first-order valence-corrected chi connectivity index (χ1v) is 9.31. The van der Waals surface area contributed by atoms with E-state index in [1.807, 2.05) is 0 Å². The molecule has 0 N–H and O–H groups in total. The molecular formula is C19H16ClF4N3O4. The van der Waals surface area contributed by atoms with Crippen LogP contribution in [0.15, 0.2) is 28.9 Å². The summed E-state index contributed by atoms with van der Waals surface area (Å²) in [5.74, 6) is -2.46. The Morgan fingerprint density at radius 2 is 2.06 bits per heavy atom. The topological polar surface area (TPSA) is 79.4 Å². The van der Waals surface area contributed by atoms with Gasteiger partial charge < -0.3 is 14.0 Å². The van der Waals surface area contributed by atoms with Crippen LogP contribution in [0.2, 0.25) is 5.02 Å². The van der Waals surface area contributed by atoms with Crippen LogP contribution >= 0.6 is 11.6 Å². The van der Waals surface area contributed by atoms with Crippen molar-refractivity contribution in [2.24, 2.45) is 0 Å². The van der Waals surface area contributed by atoms with E-state index < -0.39 is 40.5 Å². The van der Waals surface area contributed by atoms with Crippen LogP contribution in [0.25, 0.3) is 22.6 Å². The number of carbonyl (C=O) groups is 1. The molecule has 31 heavy (non-hydrogen) atoms. The molecule has 0 bridgehead atoms. The van der Waals surface area contributed by atoms with E-state index in [-0.39, 0.29) is 36.0 Å². The highest BCUT2D eigenvalue weighted by atomic mass is 35.5. The summed E-state index contributed by atoms with van der Waals surface area (Å²) < 4.78 is 71.5. The van der Waals surface area contributed by atoms with Crippen LogP contribution in [-0.4, -0.2) is 41.2 Å². The maximum Gasteiger partial charge on any atom is 0.433 e. The van der Waals surface area contributed by atoms with Crippen molar-refractivity contribution < 1.29 is 36.4 Å². The normalized spacial score (nSPS) is 11.7. The highest BCUT2D eigenvalue weighted by Crippen LogP contribution is 2.42. The molecule has 1 aromatic carbocycles. The van der Waals surface area contributed by atoms with Gasteiger partial charge in [-0.15, -0.1) is 0 Å². The molecule has 0 unspecified atom stereocenters. The van der Waals surface area contributed by atoms with Gasteiger partial charge in [-0.05, 0) is 19.1 Å². The maximum atomic E-state index is 14.5. The summed E-state index contributed by atoms with van der Waals surface area (Å²) in [4.78, 5) is 12.6. The van der Waals surface area contributed by atoms with Crippen LogP contribution in [0.5, 0.6) is 0 Å². The zero-order chi connectivity index (χ0) is 22.8. The zero-order valence-corrected chi connectivity index (χ0v) is 17.1. The first-order chi connectivity index (χ1) is 14.7. The summed E-state index contributed by atoms with van der Waals surface area (Å²) in [7, 11) is 1.33. The van der Waals surface area contributed by atoms with Gasteiger partial charge in [-0.3, -0.25) is 4.68 Å². The Kier molecular flexibility index (Phi) is 6.65. The molecule has 166 valence electrons. The summed E-state index contributed by atoms with van der Waals surface area (Å²) >= 11 is 6.05. The highest BCUT2D eigenvalue weighted by Gasteiger charge is 2.41. The van der Waals surface area contributed by atoms with Crippen molar-refractivity contribution in [2.45, 2.75) is 19.6 Å². The van der Waals surface area contributed by atoms with Crippen LogP contribution in [0.1, 0.15) is 23.0 Å². The quantitative estimate of drug-likeness (QED) is 0.370. The number of hydrogen-bond donors (Lipinski definition) is 0. The first kappa shape index (κ1) is 22.8. The molecule has 0 saturated heterocycles. The van der Waals surface area contributed by atoms with Crippen molar-refractivity contribution in [3.8, 4) is 22.6 Å². The van der Waals surface area contributed by atoms with Gasteiger partial charge >= 0.3 is 12.1 Å². The number of methoxy groups -OCH3 is 1. The minimum Gasteiger partial charge on any atom is -0.462 e. The molecule has 3 rings (SSSR count). The fourth-order valence-electron chi connectivity index (χ4n) is 2.96. The second kappa shape index (κ2) is 9.06. The lowest BCUT2D eigenvalue weighted by atomic mass is 10.0. The largest absolute Gasteiger partial charge is 0.462 e. The Morgan fingerprint density at radius 3 is 2.68 bits per heavy atom. The molecule has 0 amide bonds. The van der Waals surface area contributed by atoms with E-state index in [0.717, 1.165) is 12.3 Å². The van der Waals surface area contributed by atoms with Crippen LogP contribution in [-0.2, 0) is 22.2 Å². The standard InChI is InChI=1S/C19H16ClF4N3O4/c1-3-30-18(28)14-15(13-11(20)5-4-6-12(13)21)26-31-16(14)10-9-25-27(7-8-29-2)17(10)19(22,23)24/h4-6,9H,3,7-8H2,1-2H3. The Hall–Kier alpha value is -2.92. The van der Waals surface area contributed by atoms with Gasteiger partial charge in [0.05, 0.1) is 42.1 Å². The van der Waals surface area contributed by atoms with E-state index in [1.165, 1.54) is 26.2 Å². The molecule has 0 spiro atoms. The van der Waals surface area contributed by atoms with Gasteiger partial charge in [-0.25, -0.2) is 9.18 Å².